The zero-order valence-electron chi connectivity index (χ0n) is 10.4. The van der Waals surface area contributed by atoms with E-state index in [4.69, 9.17) is 0 Å². The summed E-state index contributed by atoms with van der Waals surface area (Å²) in [5.41, 5.74) is 0.377. The molecule has 9 heteroatoms. The number of alkyl halides is 3. The highest BCUT2D eigenvalue weighted by molar-refractivity contribution is 14.1. The lowest BCUT2D eigenvalue weighted by Gasteiger charge is -2.12. The normalized spacial score (nSPS) is 11.2. The van der Waals surface area contributed by atoms with E-state index in [-0.39, 0.29) is 12.1 Å². The monoisotopic (exact) mass is 411 g/mol. The van der Waals surface area contributed by atoms with Crippen molar-refractivity contribution in [1.29, 1.82) is 0 Å². The van der Waals surface area contributed by atoms with Gasteiger partial charge in [-0.1, -0.05) is 12.1 Å². The van der Waals surface area contributed by atoms with Gasteiger partial charge in [-0.2, -0.15) is 5.10 Å². The van der Waals surface area contributed by atoms with E-state index in [9.17, 15) is 18.0 Å². The van der Waals surface area contributed by atoms with Crippen LogP contribution in [0.4, 0.5) is 13.2 Å². The number of para-hydroxylation sites is 1. The van der Waals surface area contributed by atoms with E-state index in [1.165, 1.54) is 18.2 Å². The van der Waals surface area contributed by atoms with Crippen LogP contribution in [0, 0.1) is 3.70 Å². The summed E-state index contributed by atoms with van der Waals surface area (Å²) in [5.74, 6) is -1.22. The van der Waals surface area contributed by atoms with Crippen molar-refractivity contribution in [2.45, 2.75) is 12.9 Å². The van der Waals surface area contributed by atoms with Crippen LogP contribution >= 0.6 is 22.6 Å². The van der Waals surface area contributed by atoms with Crippen molar-refractivity contribution in [3.63, 3.8) is 0 Å². The predicted molar refractivity (Wildman–Crippen MR) is 75.6 cm³/mol. The Hall–Kier alpha value is -1.78. The first-order valence-corrected chi connectivity index (χ1v) is 6.76. The van der Waals surface area contributed by atoms with Gasteiger partial charge >= 0.3 is 6.36 Å². The number of nitrogens with zero attached hydrogens (tertiary/aromatic N) is 1. The first-order chi connectivity index (χ1) is 9.85. The lowest BCUT2D eigenvalue weighted by atomic mass is 10.2. The molecule has 0 spiro atoms. The molecule has 1 heterocycles. The fraction of sp³-hybridized carbons (Fsp3) is 0.167. The molecule has 0 aliphatic rings. The molecule has 1 aromatic carbocycles. The van der Waals surface area contributed by atoms with Gasteiger partial charge in [0.05, 0.1) is 21.5 Å². The van der Waals surface area contributed by atoms with E-state index in [0.29, 0.717) is 5.69 Å². The van der Waals surface area contributed by atoms with Gasteiger partial charge in [-0.3, -0.25) is 9.89 Å². The number of H-pyrrole nitrogens is 1. The molecule has 0 bridgehead atoms. The molecule has 1 amide bonds. The van der Waals surface area contributed by atoms with Gasteiger partial charge in [0.2, 0.25) is 0 Å². The van der Waals surface area contributed by atoms with Gasteiger partial charge in [-0.15, -0.1) is 13.2 Å². The Morgan fingerprint density at radius 2 is 2.10 bits per heavy atom. The number of amides is 1. The number of carbonyl (C=O) groups excluding carboxylic acids is 1. The molecule has 1 aromatic heterocycles. The lowest BCUT2D eigenvalue weighted by Crippen LogP contribution is -2.25. The average Bonchev–Trinajstić information content (AvgIpc) is 2.80. The number of aromatic amines is 1. The Bertz CT molecular complexity index is 643. The number of hydrogen-bond donors (Lipinski definition) is 2. The van der Waals surface area contributed by atoms with Crippen molar-refractivity contribution in [2.24, 2.45) is 0 Å². The van der Waals surface area contributed by atoms with Crippen molar-refractivity contribution in [1.82, 2.24) is 15.5 Å². The van der Waals surface area contributed by atoms with Crippen LogP contribution in [0.15, 0.2) is 30.3 Å². The third-order valence-electron chi connectivity index (χ3n) is 2.39. The Morgan fingerprint density at radius 3 is 2.71 bits per heavy atom. The van der Waals surface area contributed by atoms with Crippen molar-refractivity contribution in [2.75, 3.05) is 0 Å². The number of benzene rings is 1. The maximum Gasteiger partial charge on any atom is 0.573 e. The van der Waals surface area contributed by atoms with Crippen molar-refractivity contribution >= 4 is 28.5 Å². The quantitative estimate of drug-likeness (QED) is 0.761. The maximum absolute atomic E-state index is 12.3. The SMILES string of the molecule is O=C(NCc1cc(I)[nH]n1)c1ccccc1OC(F)(F)F. The summed E-state index contributed by atoms with van der Waals surface area (Å²) in [6, 6.07) is 6.85. The Labute approximate surface area is 131 Å². The predicted octanol–water partition coefficient (Wildman–Crippen LogP) is 2.84. The summed E-state index contributed by atoms with van der Waals surface area (Å²) in [6.07, 6.45) is -4.85. The van der Waals surface area contributed by atoms with E-state index < -0.39 is 18.0 Å². The second-order valence-electron chi connectivity index (χ2n) is 3.93. The highest BCUT2D eigenvalue weighted by atomic mass is 127. The highest BCUT2D eigenvalue weighted by Crippen LogP contribution is 2.26. The summed E-state index contributed by atoms with van der Waals surface area (Å²) in [6.45, 7) is 0.0959. The molecule has 2 N–H and O–H groups in total. The van der Waals surface area contributed by atoms with Crippen LogP contribution in [0.2, 0.25) is 0 Å². The van der Waals surface area contributed by atoms with Gasteiger partial charge in [0, 0.05) is 0 Å². The maximum atomic E-state index is 12.3. The Morgan fingerprint density at radius 1 is 1.38 bits per heavy atom. The molecule has 0 unspecified atom stereocenters. The summed E-state index contributed by atoms with van der Waals surface area (Å²) < 4.78 is 41.4. The topological polar surface area (TPSA) is 67.0 Å². The minimum atomic E-state index is -4.85. The van der Waals surface area contributed by atoms with E-state index in [2.05, 4.69) is 20.3 Å². The molecule has 0 aliphatic heterocycles. The van der Waals surface area contributed by atoms with Gasteiger partial charge < -0.3 is 10.1 Å². The molecule has 0 radical (unpaired) electrons. The van der Waals surface area contributed by atoms with E-state index in [0.717, 1.165) is 9.77 Å². The number of halogens is 4. The average molecular weight is 411 g/mol. The van der Waals surface area contributed by atoms with Crippen LogP contribution in [-0.2, 0) is 6.54 Å². The summed E-state index contributed by atoms with van der Waals surface area (Å²) in [5, 5.41) is 9.07. The van der Waals surface area contributed by atoms with Crippen LogP contribution in [-0.4, -0.2) is 22.5 Å². The number of aromatic nitrogens is 2. The molecule has 112 valence electrons. The second kappa shape index (κ2) is 6.33. The zero-order chi connectivity index (χ0) is 15.5. The smallest absolute Gasteiger partial charge is 0.405 e. The Balaban J connectivity index is 2.08. The van der Waals surface area contributed by atoms with Crippen LogP contribution < -0.4 is 10.1 Å². The molecule has 0 fully saturated rings. The van der Waals surface area contributed by atoms with Crippen molar-refractivity contribution in [3.05, 3.63) is 45.3 Å². The fourth-order valence-electron chi connectivity index (χ4n) is 1.56. The fourth-order valence-corrected chi connectivity index (χ4v) is 2.04. The summed E-state index contributed by atoms with van der Waals surface area (Å²) in [7, 11) is 0. The van der Waals surface area contributed by atoms with Crippen molar-refractivity contribution in [3.8, 4) is 5.75 Å². The molecule has 0 atom stereocenters. The second-order valence-corrected chi connectivity index (χ2v) is 5.10. The van der Waals surface area contributed by atoms with Crippen LogP contribution in [0.1, 0.15) is 16.1 Å². The van der Waals surface area contributed by atoms with Gasteiger partial charge in [0.1, 0.15) is 5.75 Å². The largest absolute Gasteiger partial charge is 0.573 e. The minimum Gasteiger partial charge on any atom is -0.405 e. The van der Waals surface area contributed by atoms with E-state index in [1.54, 1.807) is 6.07 Å². The first-order valence-electron chi connectivity index (χ1n) is 5.68. The molecule has 0 saturated carbocycles. The molecule has 21 heavy (non-hydrogen) atoms. The number of hydrogen-bond acceptors (Lipinski definition) is 3. The first kappa shape index (κ1) is 15.6. The third kappa shape index (κ3) is 4.62. The highest BCUT2D eigenvalue weighted by Gasteiger charge is 2.32. The van der Waals surface area contributed by atoms with Gasteiger partial charge in [0.25, 0.3) is 5.91 Å². The number of carbonyl (C=O) groups is 1. The minimum absolute atomic E-state index is 0.0959. The molecular weight excluding hydrogens is 402 g/mol. The summed E-state index contributed by atoms with van der Waals surface area (Å²) in [4.78, 5) is 11.9. The molecule has 2 rings (SSSR count). The van der Waals surface area contributed by atoms with Gasteiger partial charge in [-0.25, -0.2) is 0 Å². The zero-order valence-corrected chi connectivity index (χ0v) is 12.5. The molecule has 5 nitrogen and oxygen atoms in total. The third-order valence-corrected chi connectivity index (χ3v) is 2.94. The molecular formula is C12H9F3IN3O2. The van der Waals surface area contributed by atoms with Gasteiger partial charge in [0.15, 0.2) is 0 Å². The van der Waals surface area contributed by atoms with Crippen LogP contribution in [0.25, 0.3) is 0 Å². The number of rotatable bonds is 4. The molecule has 0 aliphatic carbocycles. The number of ether oxygens (including phenoxy) is 1. The van der Waals surface area contributed by atoms with Crippen LogP contribution in [0.5, 0.6) is 5.75 Å². The lowest BCUT2D eigenvalue weighted by molar-refractivity contribution is -0.274. The summed E-state index contributed by atoms with van der Waals surface area (Å²) >= 11 is 2.01. The molecule has 0 saturated heterocycles. The van der Waals surface area contributed by atoms with Crippen LogP contribution in [0.3, 0.4) is 0 Å². The number of nitrogens with one attached hydrogen (secondary N) is 2. The van der Waals surface area contributed by atoms with E-state index >= 15 is 0 Å². The Kier molecular flexibility index (Phi) is 4.70. The molecule has 2 aromatic rings. The standard InChI is InChI=1S/C12H9F3IN3O2/c13-12(14,15)21-9-4-2-1-3-8(9)11(20)17-6-7-5-10(16)19-18-7/h1-5H,6H2,(H,17,20)(H,18,19). The van der Waals surface area contributed by atoms with Gasteiger partial charge in [-0.05, 0) is 40.8 Å². The van der Waals surface area contributed by atoms with Crippen molar-refractivity contribution < 1.29 is 22.7 Å². The van der Waals surface area contributed by atoms with E-state index in [1.807, 2.05) is 22.6 Å².